The summed E-state index contributed by atoms with van der Waals surface area (Å²) in [5, 5.41) is 7.68. The van der Waals surface area contributed by atoms with Gasteiger partial charge in [0, 0.05) is 30.9 Å². The number of halogens is 1. The first-order valence-electron chi connectivity index (χ1n) is 7.10. The lowest BCUT2D eigenvalue weighted by Crippen LogP contribution is -2.09. The molecule has 7 heteroatoms. The van der Waals surface area contributed by atoms with Gasteiger partial charge >= 0.3 is 0 Å². The molecular weight excluding hydrogens is 306 g/mol. The Morgan fingerprint density at radius 2 is 2.19 bits per heavy atom. The largest absolute Gasteiger partial charge is 0.306 e. The molecule has 0 unspecified atom stereocenters. The molecular formula is C14H18ClN5S. The Kier molecular flexibility index (Phi) is 4.26. The fourth-order valence-corrected chi connectivity index (χ4v) is 3.37. The molecule has 0 aromatic carbocycles. The van der Waals surface area contributed by atoms with Crippen LogP contribution in [0.15, 0.2) is 11.6 Å². The number of hydrogen-bond donors (Lipinski definition) is 0. The van der Waals surface area contributed by atoms with Crippen molar-refractivity contribution in [2.45, 2.75) is 32.7 Å². The summed E-state index contributed by atoms with van der Waals surface area (Å²) in [6, 6.07) is 0. The third-order valence-electron chi connectivity index (χ3n) is 3.45. The van der Waals surface area contributed by atoms with Crippen LogP contribution in [0.25, 0.3) is 11.2 Å². The van der Waals surface area contributed by atoms with Gasteiger partial charge in [0.2, 0.25) is 0 Å². The number of aryl methyl sites for hydroxylation is 3. The fourth-order valence-electron chi connectivity index (χ4n) is 2.60. The van der Waals surface area contributed by atoms with Gasteiger partial charge in [0.25, 0.3) is 0 Å². The minimum absolute atomic E-state index is 0.567. The molecule has 0 bridgehead atoms. The predicted molar refractivity (Wildman–Crippen MR) is 86.1 cm³/mol. The molecule has 5 nitrogen and oxygen atoms in total. The van der Waals surface area contributed by atoms with Crippen molar-refractivity contribution in [3.63, 3.8) is 0 Å². The lowest BCUT2D eigenvalue weighted by Gasteiger charge is -2.06. The number of nitrogens with zero attached hydrogens (tertiary/aromatic N) is 5. The molecule has 0 saturated carbocycles. The van der Waals surface area contributed by atoms with E-state index in [2.05, 4.69) is 21.6 Å². The quantitative estimate of drug-likeness (QED) is 0.655. The van der Waals surface area contributed by atoms with E-state index in [4.69, 9.17) is 16.6 Å². The molecule has 3 heterocycles. The summed E-state index contributed by atoms with van der Waals surface area (Å²) in [6.45, 7) is 2.89. The van der Waals surface area contributed by atoms with E-state index in [9.17, 15) is 0 Å². The molecule has 21 heavy (non-hydrogen) atoms. The van der Waals surface area contributed by atoms with Crippen LogP contribution in [-0.4, -0.2) is 30.2 Å². The molecule has 0 aliphatic heterocycles. The minimum Gasteiger partial charge on any atom is -0.306 e. The van der Waals surface area contributed by atoms with Crippen molar-refractivity contribution >= 4 is 34.1 Å². The number of aromatic nitrogens is 5. The van der Waals surface area contributed by atoms with Crippen molar-refractivity contribution in [3.05, 3.63) is 28.1 Å². The second-order valence-corrected chi connectivity index (χ2v) is 6.33. The Hall–Kier alpha value is -1.40. The smallest absolute Gasteiger partial charge is 0.159 e. The van der Waals surface area contributed by atoms with Crippen molar-refractivity contribution < 1.29 is 0 Å². The van der Waals surface area contributed by atoms with Crippen LogP contribution in [0, 0.1) is 0 Å². The summed E-state index contributed by atoms with van der Waals surface area (Å²) >= 11 is 7.59. The second kappa shape index (κ2) is 6.15. The first-order chi connectivity index (χ1) is 10.2. The zero-order valence-corrected chi connectivity index (χ0v) is 13.8. The third kappa shape index (κ3) is 2.70. The summed E-state index contributed by atoms with van der Waals surface area (Å²) < 4.78 is 4.13. The van der Waals surface area contributed by atoms with E-state index in [1.54, 1.807) is 11.3 Å². The van der Waals surface area contributed by atoms with Crippen LogP contribution in [0.4, 0.5) is 0 Å². The van der Waals surface area contributed by atoms with E-state index < -0.39 is 0 Å². The minimum atomic E-state index is 0.567. The average molecular weight is 324 g/mol. The number of imidazole rings is 1. The van der Waals surface area contributed by atoms with E-state index in [1.165, 1.54) is 0 Å². The van der Waals surface area contributed by atoms with Crippen LogP contribution in [0.1, 0.15) is 29.9 Å². The zero-order chi connectivity index (χ0) is 14.8. The number of hydrogen-bond acceptors (Lipinski definition) is 4. The number of alkyl halides is 1. The molecule has 0 saturated heterocycles. The van der Waals surface area contributed by atoms with Crippen molar-refractivity contribution in [3.8, 4) is 0 Å². The average Bonchev–Trinajstić information content (AvgIpc) is 3.13. The highest BCUT2D eigenvalue weighted by molar-refractivity contribution is 7.09. The molecule has 3 rings (SSSR count). The summed E-state index contributed by atoms with van der Waals surface area (Å²) in [4.78, 5) is 9.17. The lowest BCUT2D eigenvalue weighted by molar-refractivity contribution is 0.682. The first-order valence-corrected chi connectivity index (χ1v) is 8.51. The maximum Gasteiger partial charge on any atom is 0.159 e. The van der Waals surface area contributed by atoms with Gasteiger partial charge in [-0.15, -0.1) is 22.9 Å². The number of rotatable bonds is 6. The predicted octanol–water partition coefficient (Wildman–Crippen LogP) is 3.01. The van der Waals surface area contributed by atoms with Crippen LogP contribution in [-0.2, 0) is 26.4 Å². The highest BCUT2D eigenvalue weighted by atomic mass is 35.5. The van der Waals surface area contributed by atoms with E-state index in [0.29, 0.717) is 5.88 Å². The third-order valence-corrected chi connectivity index (χ3v) is 4.41. The van der Waals surface area contributed by atoms with E-state index >= 15 is 0 Å². The van der Waals surface area contributed by atoms with Gasteiger partial charge < -0.3 is 4.57 Å². The molecule has 0 aliphatic carbocycles. The number of thiazole rings is 1. The molecule has 3 aromatic heterocycles. The molecule has 0 atom stereocenters. The molecule has 0 spiro atoms. The Bertz CT molecular complexity index is 728. The highest BCUT2D eigenvalue weighted by Gasteiger charge is 2.19. The standard InChI is InChI=1S/C14H18ClN5S/c1-3-4-10-13-14(19(2)18-10)20(11(17-13)5-6-15)9-12-16-7-8-21-12/h7-8H,3-6,9H2,1-2H3. The van der Waals surface area contributed by atoms with Gasteiger partial charge in [-0.1, -0.05) is 13.3 Å². The maximum atomic E-state index is 5.94. The maximum absolute atomic E-state index is 5.94. The van der Waals surface area contributed by atoms with Gasteiger partial charge in [-0.25, -0.2) is 9.97 Å². The van der Waals surface area contributed by atoms with Crippen molar-refractivity contribution in [1.82, 2.24) is 24.3 Å². The molecule has 0 aliphatic rings. The highest BCUT2D eigenvalue weighted by Crippen LogP contribution is 2.23. The van der Waals surface area contributed by atoms with Crippen LogP contribution < -0.4 is 0 Å². The van der Waals surface area contributed by atoms with Crippen LogP contribution in [0.2, 0.25) is 0 Å². The van der Waals surface area contributed by atoms with Crippen LogP contribution >= 0.6 is 22.9 Å². The van der Waals surface area contributed by atoms with Gasteiger partial charge in [0.05, 0.1) is 12.2 Å². The molecule has 0 N–H and O–H groups in total. The number of fused-ring (bicyclic) bond motifs is 1. The van der Waals surface area contributed by atoms with Gasteiger partial charge in [0.15, 0.2) is 5.65 Å². The van der Waals surface area contributed by atoms with E-state index in [-0.39, 0.29) is 0 Å². The summed E-state index contributed by atoms with van der Waals surface area (Å²) in [5.41, 5.74) is 3.15. The lowest BCUT2D eigenvalue weighted by atomic mass is 10.2. The molecule has 0 fully saturated rings. The van der Waals surface area contributed by atoms with Gasteiger partial charge in [0.1, 0.15) is 16.3 Å². The monoisotopic (exact) mass is 323 g/mol. The Balaban J connectivity index is 2.12. The molecule has 112 valence electrons. The van der Waals surface area contributed by atoms with Gasteiger partial charge in [-0.05, 0) is 6.42 Å². The van der Waals surface area contributed by atoms with Gasteiger partial charge in [-0.2, -0.15) is 5.10 Å². The summed E-state index contributed by atoms with van der Waals surface area (Å²) in [6.07, 6.45) is 4.61. The zero-order valence-electron chi connectivity index (χ0n) is 12.2. The Morgan fingerprint density at radius 3 is 2.86 bits per heavy atom. The van der Waals surface area contributed by atoms with Gasteiger partial charge in [-0.3, -0.25) is 4.68 Å². The second-order valence-electron chi connectivity index (χ2n) is 4.97. The summed E-state index contributed by atoms with van der Waals surface area (Å²) in [5.74, 6) is 1.58. The van der Waals surface area contributed by atoms with E-state index in [0.717, 1.165) is 53.5 Å². The first kappa shape index (κ1) is 14.5. The molecule has 3 aromatic rings. The van der Waals surface area contributed by atoms with Crippen LogP contribution in [0.5, 0.6) is 0 Å². The van der Waals surface area contributed by atoms with Crippen molar-refractivity contribution in [2.75, 3.05) is 5.88 Å². The Morgan fingerprint density at radius 1 is 1.33 bits per heavy atom. The SMILES string of the molecule is CCCc1nn(C)c2c1nc(CCCl)n2Cc1nccs1. The summed E-state index contributed by atoms with van der Waals surface area (Å²) in [7, 11) is 1.98. The fraction of sp³-hybridized carbons (Fsp3) is 0.500. The molecule has 0 amide bonds. The van der Waals surface area contributed by atoms with Crippen molar-refractivity contribution in [2.24, 2.45) is 7.05 Å². The normalized spacial score (nSPS) is 11.6. The molecule has 0 radical (unpaired) electrons. The Labute approximate surface area is 132 Å². The van der Waals surface area contributed by atoms with E-state index in [1.807, 2.05) is 23.3 Å². The van der Waals surface area contributed by atoms with Crippen LogP contribution in [0.3, 0.4) is 0 Å². The van der Waals surface area contributed by atoms with Crippen molar-refractivity contribution in [1.29, 1.82) is 0 Å². The topological polar surface area (TPSA) is 48.5 Å².